The van der Waals surface area contributed by atoms with Crippen molar-refractivity contribution in [2.75, 3.05) is 13.2 Å². The summed E-state index contributed by atoms with van der Waals surface area (Å²) in [7, 11) is 0. The molecular formula is C20H22O6. The van der Waals surface area contributed by atoms with Crippen molar-refractivity contribution in [2.45, 2.75) is 37.0 Å². The second-order valence-corrected chi connectivity index (χ2v) is 6.49. The molecule has 0 aromatic heterocycles. The SMILES string of the molecule is O[C@@H]1COC(c2ccccc2)O[C@@H]1[C@@H]1OC(c2ccccc2)OC[C@@H]1O. The quantitative estimate of drug-likeness (QED) is 0.873. The van der Waals surface area contributed by atoms with Crippen LogP contribution in [0.4, 0.5) is 0 Å². The maximum atomic E-state index is 10.4. The second-order valence-electron chi connectivity index (χ2n) is 6.49. The van der Waals surface area contributed by atoms with Crippen molar-refractivity contribution in [1.82, 2.24) is 0 Å². The average molecular weight is 358 g/mol. The summed E-state index contributed by atoms with van der Waals surface area (Å²) in [6.07, 6.45) is -4.47. The van der Waals surface area contributed by atoms with Crippen LogP contribution in [0, 0.1) is 0 Å². The fourth-order valence-electron chi connectivity index (χ4n) is 3.27. The molecular weight excluding hydrogens is 336 g/mol. The van der Waals surface area contributed by atoms with E-state index >= 15 is 0 Å². The minimum absolute atomic E-state index is 0.105. The second kappa shape index (κ2) is 7.84. The van der Waals surface area contributed by atoms with E-state index in [1.54, 1.807) is 0 Å². The van der Waals surface area contributed by atoms with Crippen molar-refractivity contribution < 1.29 is 29.2 Å². The Balaban J connectivity index is 1.51. The molecule has 2 fully saturated rings. The fourth-order valence-corrected chi connectivity index (χ4v) is 3.27. The summed E-state index contributed by atoms with van der Waals surface area (Å²) in [6.45, 7) is 0.210. The third-order valence-electron chi connectivity index (χ3n) is 4.62. The molecule has 2 aromatic carbocycles. The zero-order chi connectivity index (χ0) is 17.9. The number of hydrogen-bond acceptors (Lipinski definition) is 6. The molecule has 2 aliphatic rings. The van der Waals surface area contributed by atoms with E-state index in [9.17, 15) is 10.2 Å². The van der Waals surface area contributed by atoms with Gasteiger partial charge in [-0.25, -0.2) is 0 Å². The van der Waals surface area contributed by atoms with Gasteiger partial charge < -0.3 is 29.2 Å². The van der Waals surface area contributed by atoms with Gasteiger partial charge in [-0.1, -0.05) is 60.7 Å². The molecule has 2 N–H and O–H groups in total. The van der Waals surface area contributed by atoms with Crippen LogP contribution in [0.1, 0.15) is 23.7 Å². The Hall–Kier alpha value is -1.80. The molecule has 4 rings (SSSR count). The lowest BCUT2D eigenvalue weighted by Gasteiger charge is -2.43. The predicted octanol–water partition coefficient (Wildman–Crippen LogP) is 1.94. The van der Waals surface area contributed by atoms with Crippen LogP contribution in [0.25, 0.3) is 0 Å². The summed E-state index contributed by atoms with van der Waals surface area (Å²) in [6, 6.07) is 19.0. The molecule has 6 atom stereocenters. The predicted molar refractivity (Wildman–Crippen MR) is 92.0 cm³/mol. The van der Waals surface area contributed by atoms with E-state index in [1.807, 2.05) is 60.7 Å². The van der Waals surface area contributed by atoms with Gasteiger partial charge in [0.25, 0.3) is 0 Å². The number of benzene rings is 2. The van der Waals surface area contributed by atoms with Gasteiger partial charge in [-0.05, 0) is 0 Å². The molecule has 6 nitrogen and oxygen atoms in total. The van der Waals surface area contributed by atoms with Gasteiger partial charge in [0.1, 0.15) is 24.4 Å². The van der Waals surface area contributed by atoms with Crippen LogP contribution < -0.4 is 0 Å². The fraction of sp³-hybridized carbons (Fsp3) is 0.400. The topological polar surface area (TPSA) is 77.4 Å². The molecule has 2 aromatic rings. The molecule has 26 heavy (non-hydrogen) atoms. The van der Waals surface area contributed by atoms with Gasteiger partial charge in [-0.15, -0.1) is 0 Å². The number of ether oxygens (including phenoxy) is 4. The summed E-state index contributed by atoms with van der Waals surface area (Å²) in [4.78, 5) is 0. The maximum absolute atomic E-state index is 10.4. The van der Waals surface area contributed by atoms with E-state index < -0.39 is 37.0 Å². The molecule has 0 spiro atoms. The first-order chi connectivity index (χ1) is 12.7. The van der Waals surface area contributed by atoms with E-state index in [1.165, 1.54) is 0 Å². The Morgan fingerprint density at radius 3 is 1.38 bits per heavy atom. The average Bonchev–Trinajstić information content (AvgIpc) is 2.70. The lowest BCUT2D eigenvalue weighted by Crippen LogP contribution is -2.55. The number of hydrogen-bond donors (Lipinski definition) is 2. The molecule has 2 aliphatic heterocycles. The Morgan fingerprint density at radius 1 is 0.615 bits per heavy atom. The summed E-state index contributed by atoms with van der Waals surface area (Å²) < 4.78 is 23.1. The van der Waals surface area contributed by atoms with Gasteiger partial charge in [-0.2, -0.15) is 0 Å². The van der Waals surface area contributed by atoms with Crippen LogP contribution in [0.5, 0.6) is 0 Å². The Morgan fingerprint density at radius 2 is 1.00 bits per heavy atom. The van der Waals surface area contributed by atoms with Crippen molar-refractivity contribution in [3.8, 4) is 0 Å². The van der Waals surface area contributed by atoms with Crippen LogP contribution >= 0.6 is 0 Å². The van der Waals surface area contributed by atoms with Crippen molar-refractivity contribution in [3.63, 3.8) is 0 Å². The van der Waals surface area contributed by atoms with Crippen molar-refractivity contribution >= 4 is 0 Å². The standard InChI is InChI=1S/C20H22O6/c21-15-11-23-19(13-7-3-1-4-8-13)25-17(15)18-16(22)12-24-20(26-18)14-9-5-2-6-10-14/h1-10,15-22H,11-12H2/t15-,16+,17+,18-,19?,20?. The molecule has 2 unspecified atom stereocenters. The van der Waals surface area contributed by atoms with Crippen LogP contribution in [-0.4, -0.2) is 47.8 Å². The molecule has 0 bridgehead atoms. The lowest BCUT2D eigenvalue weighted by molar-refractivity contribution is -0.331. The van der Waals surface area contributed by atoms with E-state index in [2.05, 4.69) is 0 Å². The van der Waals surface area contributed by atoms with Crippen LogP contribution in [0.3, 0.4) is 0 Å². The van der Waals surface area contributed by atoms with Crippen LogP contribution in [0.2, 0.25) is 0 Å². The smallest absolute Gasteiger partial charge is 0.184 e. The zero-order valence-corrected chi connectivity index (χ0v) is 14.2. The van der Waals surface area contributed by atoms with E-state index in [4.69, 9.17) is 18.9 Å². The first-order valence-electron chi connectivity index (χ1n) is 8.72. The monoisotopic (exact) mass is 358 g/mol. The summed E-state index contributed by atoms with van der Waals surface area (Å²) in [5, 5.41) is 20.8. The number of rotatable bonds is 3. The Labute approximate surface area is 151 Å². The zero-order valence-electron chi connectivity index (χ0n) is 14.2. The van der Waals surface area contributed by atoms with Gasteiger partial charge in [0.05, 0.1) is 13.2 Å². The largest absolute Gasteiger partial charge is 0.388 e. The van der Waals surface area contributed by atoms with E-state index in [0.29, 0.717) is 0 Å². The highest BCUT2D eigenvalue weighted by molar-refractivity contribution is 5.18. The van der Waals surface area contributed by atoms with E-state index in [0.717, 1.165) is 11.1 Å². The first kappa shape index (κ1) is 17.6. The highest BCUT2D eigenvalue weighted by atomic mass is 16.7. The van der Waals surface area contributed by atoms with Gasteiger partial charge in [0, 0.05) is 11.1 Å². The molecule has 0 amide bonds. The minimum Gasteiger partial charge on any atom is -0.388 e. The summed E-state index contributed by atoms with van der Waals surface area (Å²) in [5.74, 6) is 0. The maximum Gasteiger partial charge on any atom is 0.184 e. The Kier molecular flexibility index (Phi) is 5.31. The van der Waals surface area contributed by atoms with Crippen molar-refractivity contribution in [2.24, 2.45) is 0 Å². The molecule has 0 aliphatic carbocycles. The van der Waals surface area contributed by atoms with Crippen LogP contribution in [0.15, 0.2) is 60.7 Å². The summed E-state index contributed by atoms with van der Waals surface area (Å²) >= 11 is 0. The Bertz CT molecular complexity index is 632. The highest BCUT2D eigenvalue weighted by Crippen LogP contribution is 2.34. The molecule has 0 saturated carbocycles. The van der Waals surface area contributed by atoms with Crippen molar-refractivity contribution in [3.05, 3.63) is 71.8 Å². The van der Waals surface area contributed by atoms with Gasteiger partial charge in [0.15, 0.2) is 12.6 Å². The molecule has 2 heterocycles. The normalized spacial score (nSPS) is 35.2. The highest BCUT2D eigenvalue weighted by Gasteiger charge is 2.44. The number of aliphatic hydroxyl groups is 2. The third-order valence-corrected chi connectivity index (χ3v) is 4.62. The van der Waals surface area contributed by atoms with Crippen molar-refractivity contribution in [1.29, 1.82) is 0 Å². The molecule has 2 saturated heterocycles. The molecule has 0 radical (unpaired) electrons. The third kappa shape index (κ3) is 3.66. The molecule has 6 heteroatoms. The number of aliphatic hydroxyl groups excluding tert-OH is 2. The lowest BCUT2D eigenvalue weighted by atomic mass is 10.0. The van der Waals surface area contributed by atoms with Gasteiger partial charge in [-0.3, -0.25) is 0 Å². The van der Waals surface area contributed by atoms with Crippen LogP contribution in [-0.2, 0) is 18.9 Å². The molecule has 138 valence electrons. The minimum atomic E-state index is -0.899. The van der Waals surface area contributed by atoms with E-state index in [-0.39, 0.29) is 13.2 Å². The summed E-state index contributed by atoms with van der Waals surface area (Å²) in [5.41, 5.74) is 1.70. The van der Waals surface area contributed by atoms with Gasteiger partial charge >= 0.3 is 0 Å². The van der Waals surface area contributed by atoms with Gasteiger partial charge in [0.2, 0.25) is 0 Å². The first-order valence-corrected chi connectivity index (χ1v) is 8.72.